The Morgan fingerprint density at radius 1 is 1.20 bits per heavy atom. The Hall–Kier alpha value is -2.00. The Balaban J connectivity index is 1.72. The van der Waals surface area contributed by atoms with Crippen molar-refractivity contribution in [3.8, 4) is 11.5 Å². The van der Waals surface area contributed by atoms with Gasteiger partial charge in [0.15, 0.2) is 0 Å². The number of rotatable bonds is 4. The van der Waals surface area contributed by atoms with Gasteiger partial charge in [-0.2, -0.15) is 0 Å². The fraction of sp³-hybridized carbons (Fsp3) is 0.294. The molecule has 1 heterocycles. The van der Waals surface area contributed by atoms with Gasteiger partial charge in [-0.25, -0.2) is 0 Å². The van der Waals surface area contributed by atoms with Crippen molar-refractivity contribution in [3.05, 3.63) is 59.7 Å². The van der Waals surface area contributed by atoms with Crippen molar-refractivity contribution in [2.45, 2.75) is 18.9 Å². The smallest absolute Gasteiger partial charge is 0.124 e. The van der Waals surface area contributed by atoms with Crippen molar-refractivity contribution in [1.29, 1.82) is 0 Å². The van der Waals surface area contributed by atoms with Gasteiger partial charge in [-0.05, 0) is 19.1 Å². The lowest BCUT2D eigenvalue weighted by Gasteiger charge is -2.16. The second-order valence-electron chi connectivity index (χ2n) is 5.18. The summed E-state index contributed by atoms with van der Waals surface area (Å²) in [7, 11) is 0. The second-order valence-corrected chi connectivity index (χ2v) is 5.18. The lowest BCUT2D eigenvalue weighted by molar-refractivity contribution is 0.246. The number of nitrogens with two attached hydrogens (primary N) is 1. The molecule has 0 fully saturated rings. The maximum atomic E-state index is 5.98. The Morgan fingerprint density at radius 3 is 2.80 bits per heavy atom. The maximum absolute atomic E-state index is 5.98. The monoisotopic (exact) mass is 269 g/mol. The molecule has 2 unspecified atom stereocenters. The summed E-state index contributed by atoms with van der Waals surface area (Å²) in [5.74, 6) is 2.13. The zero-order valence-electron chi connectivity index (χ0n) is 11.6. The number of para-hydroxylation sites is 2. The summed E-state index contributed by atoms with van der Waals surface area (Å²) in [6.45, 7) is 3.26. The number of hydrogen-bond acceptors (Lipinski definition) is 3. The predicted molar refractivity (Wildman–Crippen MR) is 79.2 cm³/mol. The lowest BCUT2D eigenvalue weighted by atomic mass is 10.0. The zero-order valence-corrected chi connectivity index (χ0v) is 11.6. The molecular weight excluding hydrogens is 250 g/mol. The van der Waals surface area contributed by atoms with Gasteiger partial charge in [0.2, 0.25) is 0 Å². The summed E-state index contributed by atoms with van der Waals surface area (Å²) in [6.07, 6.45) is 0. The van der Waals surface area contributed by atoms with Crippen molar-refractivity contribution in [1.82, 2.24) is 0 Å². The molecule has 1 aliphatic heterocycles. The Kier molecular flexibility index (Phi) is 3.61. The van der Waals surface area contributed by atoms with Gasteiger partial charge in [0.25, 0.3) is 0 Å². The molecule has 2 N–H and O–H groups in total. The van der Waals surface area contributed by atoms with Gasteiger partial charge in [0, 0.05) is 17.2 Å². The molecule has 0 saturated heterocycles. The summed E-state index contributed by atoms with van der Waals surface area (Å²) in [6, 6.07) is 16.1. The van der Waals surface area contributed by atoms with E-state index in [1.807, 2.05) is 49.4 Å². The third kappa shape index (κ3) is 2.49. The van der Waals surface area contributed by atoms with Crippen LogP contribution in [0.3, 0.4) is 0 Å². The highest BCUT2D eigenvalue weighted by atomic mass is 16.5. The first kappa shape index (κ1) is 13.0. The van der Waals surface area contributed by atoms with Crippen LogP contribution in [0.2, 0.25) is 0 Å². The Morgan fingerprint density at radius 2 is 1.95 bits per heavy atom. The van der Waals surface area contributed by atoms with Crippen LogP contribution in [-0.2, 0) is 0 Å². The molecule has 104 valence electrons. The molecule has 0 spiro atoms. The third-order valence-electron chi connectivity index (χ3n) is 3.65. The SMILES string of the molecule is CC(N)c1ccccc1OCC1COc2ccccc21. The molecule has 0 aromatic heterocycles. The van der Waals surface area contributed by atoms with Gasteiger partial charge in [-0.1, -0.05) is 36.4 Å². The maximum Gasteiger partial charge on any atom is 0.124 e. The van der Waals surface area contributed by atoms with Crippen LogP contribution >= 0.6 is 0 Å². The molecule has 2 aromatic rings. The van der Waals surface area contributed by atoms with E-state index in [4.69, 9.17) is 15.2 Å². The van der Waals surface area contributed by atoms with E-state index in [0.29, 0.717) is 13.2 Å². The van der Waals surface area contributed by atoms with Crippen LogP contribution in [0.25, 0.3) is 0 Å². The van der Waals surface area contributed by atoms with Gasteiger partial charge >= 0.3 is 0 Å². The zero-order chi connectivity index (χ0) is 13.9. The summed E-state index contributed by atoms with van der Waals surface area (Å²) >= 11 is 0. The van der Waals surface area contributed by atoms with E-state index in [9.17, 15) is 0 Å². The first-order chi connectivity index (χ1) is 9.75. The van der Waals surface area contributed by atoms with Gasteiger partial charge < -0.3 is 15.2 Å². The molecular formula is C17H19NO2. The minimum Gasteiger partial charge on any atom is -0.493 e. The van der Waals surface area contributed by atoms with E-state index in [2.05, 4.69) is 6.07 Å². The van der Waals surface area contributed by atoms with Crippen LogP contribution in [0.1, 0.15) is 30.0 Å². The van der Waals surface area contributed by atoms with Gasteiger partial charge in [-0.3, -0.25) is 0 Å². The molecule has 0 amide bonds. The van der Waals surface area contributed by atoms with Crippen LogP contribution in [0.15, 0.2) is 48.5 Å². The predicted octanol–water partition coefficient (Wildman–Crippen LogP) is 3.26. The quantitative estimate of drug-likeness (QED) is 0.926. The highest BCUT2D eigenvalue weighted by Gasteiger charge is 2.24. The largest absolute Gasteiger partial charge is 0.493 e. The van der Waals surface area contributed by atoms with Crippen LogP contribution < -0.4 is 15.2 Å². The summed E-state index contributed by atoms with van der Waals surface area (Å²) in [5.41, 5.74) is 8.24. The van der Waals surface area contributed by atoms with Crippen molar-refractivity contribution >= 4 is 0 Å². The van der Waals surface area contributed by atoms with Crippen molar-refractivity contribution in [3.63, 3.8) is 0 Å². The van der Waals surface area contributed by atoms with Crippen LogP contribution in [0, 0.1) is 0 Å². The first-order valence-electron chi connectivity index (χ1n) is 6.94. The minimum atomic E-state index is -0.0293. The van der Waals surface area contributed by atoms with E-state index in [1.54, 1.807) is 0 Å². The average Bonchev–Trinajstić information content (AvgIpc) is 2.88. The molecule has 0 saturated carbocycles. The van der Waals surface area contributed by atoms with Crippen molar-refractivity contribution in [2.24, 2.45) is 5.73 Å². The third-order valence-corrected chi connectivity index (χ3v) is 3.65. The van der Waals surface area contributed by atoms with Crippen LogP contribution in [0.5, 0.6) is 11.5 Å². The topological polar surface area (TPSA) is 44.5 Å². The molecule has 0 aliphatic carbocycles. The number of benzene rings is 2. The van der Waals surface area contributed by atoms with E-state index in [-0.39, 0.29) is 12.0 Å². The Labute approximate surface area is 119 Å². The van der Waals surface area contributed by atoms with Crippen LogP contribution in [0.4, 0.5) is 0 Å². The van der Waals surface area contributed by atoms with E-state index in [0.717, 1.165) is 17.1 Å². The molecule has 1 aliphatic rings. The summed E-state index contributed by atoms with van der Waals surface area (Å²) in [4.78, 5) is 0. The van der Waals surface area contributed by atoms with E-state index >= 15 is 0 Å². The Bertz CT molecular complexity index is 595. The van der Waals surface area contributed by atoms with Gasteiger partial charge in [-0.15, -0.1) is 0 Å². The molecule has 3 heteroatoms. The molecule has 20 heavy (non-hydrogen) atoms. The fourth-order valence-electron chi connectivity index (χ4n) is 2.55. The highest BCUT2D eigenvalue weighted by molar-refractivity contribution is 5.40. The minimum absolute atomic E-state index is 0.0293. The number of hydrogen-bond donors (Lipinski definition) is 1. The number of fused-ring (bicyclic) bond motifs is 1. The first-order valence-corrected chi connectivity index (χ1v) is 6.94. The number of ether oxygens (including phenoxy) is 2. The summed E-state index contributed by atoms with van der Waals surface area (Å²) < 4.78 is 11.7. The van der Waals surface area contributed by atoms with Gasteiger partial charge in [0.1, 0.15) is 11.5 Å². The molecule has 3 nitrogen and oxygen atoms in total. The fourth-order valence-corrected chi connectivity index (χ4v) is 2.55. The molecule has 3 rings (SSSR count). The molecule has 2 aromatic carbocycles. The standard InChI is InChI=1S/C17H19NO2/c1-12(18)14-6-2-4-8-16(14)19-10-13-11-20-17-9-5-3-7-15(13)17/h2-9,12-13H,10-11,18H2,1H3. The molecule has 0 radical (unpaired) electrons. The highest BCUT2D eigenvalue weighted by Crippen LogP contribution is 2.34. The van der Waals surface area contributed by atoms with Crippen molar-refractivity contribution < 1.29 is 9.47 Å². The normalized spacial score (nSPS) is 18.2. The second kappa shape index (κ2) is 5.55. The summed E-state index contributed by atoms with van der Waals surface area (Å²) in [5, 5.41) is 0. The van der Waals surface area contributed by atoms with E-state index < -0.39 is 0 Å². The van der Waals surface area contributed by atoms with Crippen molar-refractivity contribution in [2.75, 3.05) is 13.2 Å². The van der Waals surface area contributed by atoms with E-state index in [1.165, 1.54) is 5.56 Å². The lowest BCUT2D eigenvalue weighted by Crippen LogP contribution is -2.14. The molecule has 2 atom stereocenters. The average molecular weight is 269 g/mol. The van der Waals surface area contributed by atoms with Crippen LogP contribution in [-0.4, -0.2) is 13.2 Å². The molecule has 0 bridgehead atoms. The van der Waals surface area contributed by atoms with Gasteiger partial charge in [0.05, 0.1) is 19.1 Å².